The van der Waals surface area contributed by atoms with Gasteiger partial charge in [0, 0.05) is 24.3 Å². The van der Waals surface area contributed by atoms with Gasteiger partial charge in [-0.25, -0.2) is 0 Å². The van der Waals surface area contributed by atoms with Gasteiger partial charge in [-0.15, -0.1) is 0 Å². The second-order valence-corrected chi connectivity index (χ2v) is 4.78. The molecule has 24 heavy (non-hydrogen) atoms. The smallest absolute Gasteiger partial charge is 0.307 e. The Bertz CT molecular complexity index is 745. The van der Waals surface area contributed by atoms with Gasteiger partial charge in [-0.3, -0.25) is 25.0 Å². The monoisotopic (exact) mass is 332 g/mol. The highest BCUT2D eigenvalue weighted by atomic mass is 16.6. The van der Waals surface area contributed by atoms with Crippen LogP contribution in [0.2, 0.25) is 0 Å². The molecule has 0 fully saturated rings. The van der Waals surface area contributed by atoms with Crippen LogP contribution in [0.5, 0.6) is 0 Å². The molecule has 0 saturated heterocycles. The van der Waals surface area contributed by atoms with E-state index in [1.807, 2.05) is 13.0 Å². The Kier molecular flexibility index (Phi) is 7.02. The molecule has 0 saturated carbocycles. The van der Waals surface area contributed by atoms with E-state index in [9.17, 15) is 25.0 Å². The molecule has 0 aromatic heterocycles. The van der Waals surface area contributed by atoms with Gasteiger partial charge < -0.3 is 5.11 Å². The van der Waals surface area contributed by atoms with Gasteiger partial charge in [-0.2, -0.15) is 0 Å². The molecule has 2 aromatic carbocycles. The average molecular weight is 332 g/mol. The van der Waals surface area contributed by atoms with Crippen LogP contribution < -0.4 is 0 Å². The normalized spacial score (nSPS) is 9.54. The van der Waals surface area contributed by atoms with E-state index in [4.69, 9.17) is 5.11 Å². The van der Waals surface area contributed by atoms with E-state index in [1.165, 1.54) is 24.3 Å². The number of hydrogen-bond acceptors (Lipinski definition) is 5. The highest BCUT2D eigenvalue weighted by Crippen LogP contribution is 2.13. The van der Waals surface area contributed by atoms with Gasteiger partial charge in [0.25, 0.3) is 11.4 Å². The maximum atomic E-state index is 10.3. The predicted molar refractivity (Wildman–Crippen MR) is 86.9 cm³/mol. The SMILES string of the molecule is CCc1cccc([N+](=O)[O-])c1.O=C(O)Cc1cccc([N+](=O)[O-])c1. The molecule has 1 N–H and O–H groups in total. The lowest BCUT2D eigenvalue weighted by Gasteiger charge is -1.95. The number of carboxylic acid groups (broad SMARTS) is 1. The molecule has 2 aromatic rings. The van der Waals surface area contributed by atoms with E-state index >= 15 is 0 Å². The van der Waals surface area contributed by atoms with Crippen molar-refractivity contribution in [1.29, 1.82) is 0 Å². The Hall–Kier alpha value is -3.29. The minimum Gasteiger partial charge on any atom is -0.481 e. The number of carboxylic acids is 1. The highest BCUT2D eigenvalue weighted by Gasteiger charge is 2.07. The molecule has 0 atom stereocenters. The average Bonchev–Trinajstić information content (AvgIpc) is 2.55. The molecule has 2 rings (SSSR count). The first-order chi connectivity index (χ1) is 11.3. The summed E-state index contributed by atoms with van der Waals surface area (Å²) in [7, 11) is 0. The third-order valence-electron chi connectivity index (χ3n) is 3.01. The van der Waals surface area contributed by atoms with Crippen LogP contribution >= 0.6 is 0 Å². The van der Waals surface area contributed by atoms with Crippen molar-refractivity contribution >= 4 is 17.3 Å². The molecule has 0 unspecified atom stereocenters. The lowest BCUT2D eigenvalue weighted by molar-refractivity contribution is -0.385. The number of aryl methyl sites for hydroxylation is 1. The van der Waals surface area contributed by atoms with Crippen molar-refractivity contribution in [2.24, 2.45) is 0 Å². The summed E-state index contributed by atoms with van der Waals surface area (Å²) in [6.45, 7) is 1.97. The second kappa shape index (κ2) is 8.99. The predicted octanol–water partition coefficient (Wildman–Crippen LogP) is 3.38. The van der Waals surface area contributed by atoms with Gasteiger partial charge >= 0.3 is 5.97 Å². The van der Waals surface area contributed by atoms with Crippen molar-refractivity contribution in [3.05, 3.63) is 79.9 Å². The molecule has 0 aliphatic carbocycles. The molecule has 0 heterocycles. The van der Waals surface area contributed by atoms with E-state index in [0.717, 1.165) is 12.0 Å². The largest absolute Gasteiger partial charge is 0.481 e. The highest BCUT2D eigenvalue weighted by molar-refractivity contribution is 5.70. The van der Waals surface area contributed by atoms with Gasteiger partial charge in [0.2, 0.25) is 0 Å². The van der Waals surface area contributed by atoms with Gasteiger partial charge in [0.15, 0.2) is 0 Å². The number of carbonyl (C=O) groups is 1. The van der Waals surface area contributed by atoms with Crippen molar-refractivity contribution in [2.75, 3.05) is 0 Å². The number of nitro groups is 2. The zero-order valence-corrected chi connectivity index (χ0v) is 12.9. The minimum absolute atomic E-state index is 0.0845. The first-order valence-electron chi connectivity index (χ1n) is 7.02. The molecular formula is C16H16N2O6. The summed E-state index contributed by atoms with van der Waals surface area (Å²) in [5.74, 6) is -1.000. The number of nitro benzene ring substituents is 2. The topological polar surface area (TPSA) is 124 Å². The third kappa shape index (κ3) is 6.22. The summed E-state index contributed by atoms with van der Waals surface area (Å²) in [6.07, 6.45) is 0.642. The first-order valence-corrected chi connectivity index (χ1v) is 7.02. The summed E-state index contributed by atoms with van der Waals surface area (Å²) < 4.78 is 0. The summed E-state index contributed by atoms with van der Waals surface area (Å²) in [4.78, 5) is 29.9. The van der Waals surface area contributed by atoms with Crippen molar-refractivity contribution in [1.82, 2.24) is 0 Å². The fourth-order valence-electron chi connectivity index (χ4n) is 1.84. The molecule has 0 aliphatic heterocycles. The van der Waals surface area contributed by atoms with Crippen molar-refractivity contribution in [3.63, 3.8) is 0 Å². The summed E-state index contributed by atoms with van der Waals surface area (Å²) in [5.41, 5.74) is 1.52. The van der Waals surface area contributed by atoms with Crippen molar-refractivity contribution < 1.29 is 19.7 Å². The maximum absolute atomic E-state index is 10.3. The number of hydrogen-bond donors (Lipinski definition) is 1. The van der Waals surface area contributed by atoms with Gasteiger partial charge in [-0.1, -0.05) is 31.2 Å². The van der Waals surface area contributed by atoms with Crippen molar-refractivity contribution in [2.45, 2.75) is 19.8 Å². The van der Waals surface area contributed by atoms with Crippen LogP contribution in [0.4, 0.5) is 11.4 Å². The molecule has 8 heteroatoms. The van der Waals surface area contributed by atoms with Crippen LogP contribution in [0.3, 0.4) is 0 Å². The number of aliphatic carboxylic acids is 1. The molecule has 0 bridgehead atoms. The Labute approximate surface area is 137 Å². The summed E-state index contributed by atoms with van der Waals surface area (Å²) in [6, 6.07) is 12.3. The minimum atomic E-state index is -1.000. The Morgan fingerprint density at radius 3 is 1.83 bits per heavy atom. The first kappa shape index (κ1) is 18.8. The Morgan fingerprint density at radius 1 is 0.958 bits per heavy atom. The van der Waals surface area contributed by atoms with E-state index in [0.29, 0.717) is 5.56 Å². The molecule has 126 valence electrons. The van der Waals surface area contributed by atoms with Gasteiger partial charge in [0.1, 0.15) is 0 Å². The Morgan fingerprint density at radius 2 is 1.42 bits per heavy atom. The molecule has 0 aliphatic rings. The lowest BCUT2D eigenvalue weighted by atomic mass is 10.1. The Balaban J connectivity index is 0.000000243. The maximum Gasteiger partial charge on any atom is 0.307 e. The molecule has 0 spiro atoms. The summed E-state index contributed by atoms with van der Waals surface area (Å²) >= 11 is 0. The lowest BCUT2D eigenvalue weighted by Crippen LogP contribution is -2.00. The number of benzene rings is 2. The van der Waals surface area contributed by atoms with Crippen LogP contribution in [-0.4, -0.2) is 20.9 Å². The number of rotatable bonds is 5. The van der Waals surface area contributed by atoms with Crippen LogP contribution in [0, 0.1) is 20.2 Å². The fourth-order valence-corrected chi connectivity index (χ4v) is 1.84. The number of non-ortho nitro benzene ring substituents is 2. The standard InChI is InChI=1S/C8H7NO4.C8H9NO2/c10-8(11)5-6-2-1-3-7(4-6)9(12)13;1-2-7-4-3-5-8(6-7)9(10)11/h1-4H,5H2,(H,10,11);3-6H,2H2,1H3. The molecule has 0 radical (unpaired) electrons. The van der Waals surface area contributed by atoms with Crippen LogP contribution in [-0.2, 0) is 17.6 Å². The van der Waals surface area contributed by atoms with Crippen LogP contribution in [0.15, 0.2) is 48.5 Å². The quantitative estimate of drug-likeness (QED) is 0.661. The zero-order chi connectivity index (χ0) is 18.1. The molecular weight excluding hydrogens is 316 g/mol. The second-order valence-electron chi connectivity index (χ2n) is 4.78. The third-order valence-corrected chi connectivity index (χ3v) is 3.01. The zero-order valence-electron chi connectivity index (χ0n) is 12.9. The molecule has 0 amide bonds. The van der Waals surface area contributed by atoms with E-state index in [-0.39, 0.29) is 22.7 Å². The van der Waals surface area contributed by atoms with Gasteiger partial charge in [-0.05, 0) is 17.5 Å². The van der Waals surface area contributed by atoms with Crippen LogP contribution in [0.25, 0.3) is 0 Å². The molecule has 8 nitrogen and oxygen atoms in total. The fraction of sp³-hybridized carbons (Fsp3) is 0.188. The van der Waals surface area contributed by atoms with Gasteiger partial charge in [0.05, 0.1) is 16.3 Å². The van der Waals surface area contributed by atoms with E-state index in [1.54, 1.807) is 18.2 Å². The van der Waals surface area contributed by atoms with E-state index in [2.05, 4.69) is 0 Å². The number of nitrogens with zero attached hydrogens (tertiary/aromatic N) is 2. The van der Waals surface area contributed by atoms with Crippen molar-refractivity contribution in [3.8, 4) is 0 Å². The summed E-state index contributed by atoms with van der Waals surface area (Å²) in [5, 5.41) is 29.0. The van der Waals surface area contributed by atoms with E-state index < -0.39 is 10.9 Å². The van der Waals surface area contributed by atoms with Crippen LogP contribution in [0.1, 0.15) is 18.1 Å².